The number of rotatable bonds is 7. The smallest absolute Gasteiger partial charge is 0.0954 e. The van der Waals surface area contributed by atoms with Crippen molar-refractivity contribution in [2.24, 2.45) is 5.92 Å². The average molecular weight is 347 g/mol. The Morgan fingerprint density at radius 2 is 1.64 bits per heavy atom. The standard InChI is InChI=1S/C22H26N2Si/c1-3-19(2)14-17-25-22(24-16-15-23-18-24,20-10-6-4-7-11-20)21-12-8-5-9-13-21/h4-19H,3,25H2,1-2H3. The van der Waals surface area contributed by atoms with Crippen LogP contribution in [0.3, 0.4) is 0 Å². The topological polar surface area (TPSA) is 17.8 Å². The van der Waals surface area contributed by atoms with Crippen LogP contribution in [-0.4, -0.2) is 19.1 Å². The molecule has 1 unspecified atom stereocenters. The van der Waals surface area contributed by atoms with Crippen LogP contribution in [0.1, 0.15) is 31.4 Å². The lowest BCUT2D eigenvalue weighted by molar-refractivity contribution is 0.595. The van der Waals surface area contributed by atoms with E-state index in [0.29, 0.717) is 5.92 Å². The molecule has 1 heterocycles. The van der Waals surface area contributed by atoms with Gasteiger partial charge in [-0.05, 0) is 17.0 Å². The zero-order valence-corrected chi connectivity index (χ0v) is 16.5. The number of imidazole rings is 1. The van der Waals surface area contributed by atoms with Crippen molar-refractivity contribution >= 4 is 9.52 Å². The van der Waals surface area contributed by atoms with Crippen LogP contribution in [0.15, 0.2) is 91.2 Å². The highest BCUT2D eigenvalue weighted by molar-refractivity contribution is 6.47. The molecule has 3 heteroatoms. The van der Waals surface area contributed by atoms with Gasteiger partial charge in [-0.1, -0.05) is 87.0 Å². The molecule has 1 aromatic heterocycles. The van der Waals surface area contributed by atoms with Gasteiger partial charge in [0.15, 0.2) is 0 Å². The minimum Gasteiger partial charge on any atom is -0.326 e. The normalized spacial score (nSPS) is 13.7. The molecule has 3 aromatic rings. The molecule has 0 amide bonds. The lowest BCUT2D eigenvalue weighted by Crippen LogP contribution is -2.41. The summed E-state index contributed by atoms with van der Waals surface area (Å²) < 4.78 is 2.30. The minimum atomic E-state index is -0.657. The number of allylic oxidation sites excluding steroid dienone is 1. The summed E-state index contributed by atoms with van der Waals surface area (Å²) >= 11 is 0. The molecule has 0 saturated carbocycles. The largest absolute Gasteiger partial charge is 0.326 e. The summed E-state index contributed by atoms with van der Waals surface area (Å²) in [6.07, 6.45) is 9.52. The van der Waals surface area contributed by atoms with Crippen molar-refractivity contribution in [3.05, 3.63) is 102 Å². The number of hydrogen-bond donors (Lipinski definition) is 0. The van der Waals surface area contributed by atoms with Gasteiger partial charge in [0.25, 0.3) is 0 Å². The predicted octanol–water partition coefficient (Wildman–Crippen LogP) is 4.36. The Morgan fingerprint density at radius 1 is 1.04 bits per heavy atom. The van der Waals surface area contributed by atoms with Gasteiger partial charge >= 0.3 is 0 Å². The van der Waals surface area contributed by atoms with Crippen LogP contribution in [0, 0.1) is 5.92 Å². The fourth-order valence-electron chi connectivity index (χ4n) is 3.33. The van der Waals surface area contributed by atoms with Gasteiger partial charge in [-0.2, -0.15) is 0 Å². The van der Waals surface area contributed by atoms with E-state index in [1.807, 2.05) is 12.5 Å². The number of nitrogens with zero attached hydrogens (tertiary/aromatic N) is 2. The van der Waals surface area contributed by atoms with E-state index in [2.05, 4.69) is 102 Å². The second kappa shape index (κ2) is 8.12. The van der Waals surface area contributed by atoms with Gasteiger partial charge in [-0.3, -0.25) is 0 Å². The van der Waals surface area contributed by atoms with Crippen LogP contribution in [0.2, 0.25) is 0 Å². The number of hydrogen-bond acceptors (Lipinski definition) is 1. The molecular formula is C22H26N2Si. The van der Waals surface area contributed by atoms with E-state index in [0.717, 1.165) is 0 Å². The van der Waals surface area contributed by atoms with Crippen molar-refractivity contribution in [1.29, 1.82) is 0 Å². The van der Waals surface area contributed by atoms with Gasteiger partial charge in [0.1, 0.15) is 0 Å². The first-order valence-electron chi connectivity index (χ1n) is 9.03. The van der Waals surface area contributed by atoms with E-state index in [1.54, 1.807) is 0 Å². The Morgan fingerprint density at radius 3 is 2.12 bits per heavy atom. The molecule has 0 aliphatic heterocycles. The Balaban J connectivity index is 2.16. The third-order valence-electron chi connectivity index (χ3n) is 4.97. The van der Waals surface area contributed by atoms with Crippen molar-refractivity contribution in [3.8, 4) is 0 Å². The fraction of sp³-hybridized carbons (Fsp3) is 0.227. The summed E-state index contributed by atoms with van der Waals surface area (Å²) in [5, 5.41) is -0.150. The molecule has 2 nitrogen and oxygen atoms in total. The van der Waals surface area contributed by atoms with E-state index < -0.39 is 9.52 Å². The molecule has 0 N–H and O–H groups in total. The summed E-state index contributed by atoms with van der Waals surface area (Å²) in [4.78, 5) is 4.36. The maximum atomic E-state index is 4.36. The van der Waals surface area contributed by atoms with Crippen LogP contribution >= 0.6 is 0 Å². The lowest BCUT2D eigenvalue weighted by atomic mass is 9.97. The van der Waals surface area contributed by atoms with Crippen molar-refractivity contribution in [2.45, 2.75) is 25.4 Å². The van der Waals surface area contributed by atoms with Gasteiger partial charge in [-0.25, -0.2) is 4.98 Å². The summed E-state index contributed by atoms with van der Waals surface area (Å²) in [6.45, 7) is 4.53. The molecule has 2 aromatic carbocycles. The highest BCUT2D eigenvalue weighted by atomic mass is 28.2. The van der Waals surface area contributed by atoms with E-state index in [-0.39, 0.29) is 5.16 Å². The summed E-state index contributed by atoms with van der Waals surface area (Å²) in [5.74, 6) is 0.625. The SMILES string of the molecule is CCC(C)C=C[SiH2]C(c1ccccc1)(c1ccccc1)n1ccnc1. The van der Waals surface area contributed by atoms with Gasteiger partial charge in [0.2, 0.25) is 0 Å². The third-order valence-corrected chi connectivity index (χ3v) is 7.25. The monoisotopic (exact) mass is 346 g/mol. The van der Waals surface area contributed by atoms with E-state index in [4.69, 9.17) is 0 Å². The highest BCUT2D eigenvalue weighted by Gasteiger charge is 2.34. The second-order valence-corrected chi connectivity index (χ2v) is 8.48. The summed E-state index contributed by atoms with van der Waals surface area (Å²) in [7, 11) is -0.657. The zero-order valence-electron chi connectivity index (χ0n) is 15.0. The number of benzene rings is 2. The first-order valence-corrected chi connectivity index (χ1v) is 10.6. The Bertz CT molecular complexity index is 740. The quantitative estimate of drug-likeness (QED) is 0.581. The Hall–Kier alpha value is -2.39. The molecule has 3 rings (SSSR count). The van der Waals surface area contributed by atoms with Crippen LogP contribution in [0.4, 0.5) is 0 Å². The van der Waals surface area contributed by atoms with E-state index in [9.17, 15) is 0 Å². The molecule has 0 fully saturated rings. The molecule has 25 heavy (non-hydrogen) atoms. The van der Waals surface area contributed by atoms with Crippen molar-refractivity contribution in [2.75, 3.05) is 0 Å². The molecule has 0 radical (unpaired) electrons. The Labute approximate surface area is 153 Å². The highest BCUT2D eigenvalue weighted by Crippen LogP contribution is 2.33. The third kappa shape index (κ3) is 3.66. The van der Waals surface area contributed by atoms with Crippen LogP contribution < -0.4 is 0 Å². The molecule has 0 aliphatic carbocycles. The van der Waals surface area contributed by atoms with Gasteiger partial charge < -0.3 is 4.57 Å². The molecule has 0 saturated heterocycles. The van der Waals surface area contributed by atoms with E-state index >= 15 is 0 Å². The lowest BCUT2D eigenvalue weighted by Gasteiger charge is -2.36. The van der Waals surface area contributed by atoms with Crippen molar-refractivity contribution < 1.29 is 0 Å². The van der Waals surface area contributed by atoms with Crippen LogP contribution in [0.25, 0.3) is 0 Å². The fourth-order valence-corrected chi connectivity index (χ4v) is 5.61. The first kappa shape index (κ1) is 17.4. The van der Waals surface area contributed by atoms with Crippen LogP contribution in [0.5, 0.6) is 0 Å². The maximum Gasteiger partial charge on any atom is 0.0954 e. The van der Waals surface area contributed by atoms with Gasteiger partial charge in [0, 0.05) is 12.4 Å². The maximum absolute atomic E-state index is 4.36. The van der Waals surface area contributed by atoms with Crippen LogP contribution in [-0.2, 0) is 5.16 Å². The van der Waals surface area contributed by atoms with Gasteiger partial charge in [-0.15, -0.1) is 5.70 Å². The minimum absolute atomic E-state index is 0.150. The molecule has 0 bridgehead atoms. The molecule has 128 valence electrons. The molecule has 0 aliphatic rings. The zero-order chi connectivity index (χ0) is 17.5. The summed E-state index contributed by atoms with van der Waals surface area (Å²) in [5.41, 5.74) is 5.13. The first-order chi connectivity index (χ1) is 12.3. The van der Waals surface area contributed by atoms with E-state index in [1.165, 1.54) is 17.5 Å². The molecule has 1 atom stereocenters. The molecular weight excluding hydrogens is 320 g/mol. The number of aromatic nitrogens is 2. The average Bonchev–Trinajstić information content (AvgIpc) is 3.21. The molecule has 0 spiro atoms. The predicted molar refractivity (Wildman–Crippen MR) is 108 cm³/mol. The Kier molecular flexibility index (Phi) is 5.66. The van der Waals surface area contributed by atoms with Gasteiger partial charge in [0.05, 0.1) is 21.0 Å². The second-order valence-electron chi connectivity index (χ2n) is 6.58. The van der Waals surface area contributed by atoms with Crippen molar-refractivity contribution in [3.63, 3.8) is 0 Å². The summed E-state index contributed by atoms with van der Waals surface area (Å²) in [6, 6.07) is 21.7. The van der Waals surface area contributed by atoms with Crippen molar-refractivity contribution in [1.82, 2.24) is 9.55 Å².